The highest BCUT2D eigenvalue weighted by molar-refractivity contribution is 5.82. The molecule has 2 aliphatic carbocycles. The molecule has 0 unspecified atom stereocenters. The van der Waals surface area contributed by atoms with E-state index in [2.05, 4.69) is 15.9 Å². The molecule has 126 valence electrons. The average molecular weight is 323 g/mol. The van der Waals surface area contributed by atoms with E-state index in [1.165, 1.54) is 31.2 Å². The second-order valence-corrected chi connectivity index (χ2v) is 7.55. The Balaban J connectivity index is 1.27. The molecule has 1 heterocycles. The highest BCUT2D eigenvalue weighted by atomic mass is 16.2. The van der Waals surface area contributed by atoms with Crippen LogP contribution in [0.1, 0.15) is 36.8 Å². The van der Waals surface area contributed by atoms with Crippen molar-refractivity contribution in [2.75, 3.05) is 26.2 Å². The zero-order chi connectivity index (χ0) is 16.5. The van der Waals surface area contributed by atoms with Crippen molar-refractivity contribution in [1.29, 1.82) is 5.26 Å². The summed E-state index contributed by atoms with van der Waals surface area (Å²) in [6.07, 6.45) is 5.20. The summed E-state index contributed by atoms with van der Waals surface area (Å²) in [5.74, 6) is 2.22. The molecule has 3 fully saturated rings. The molecule has 24 heavy (non-hydrogen) atoms. The molecule has 0 N–H and O–H groups in total. The van der Waals surface area contributed by atoms with Crippen LogP contribution in [0.4, 0.5) is 0 Å². The minimum atomic E-state index is 0.359. The van der Waals surface area contributed by atoms with E-state index in [1.54, 1.807) is 0 Å². The lowest BCUT2D eigenvalue weighted by Gasteiger charge is -2.35. The summed E-state index contributed by atoms with van der Waals surface area (Å²) in [4.78, 5) is 17.3. The number of nitriles is 1. The fourth-order valence-electron chi connectivity index (χ4n) is 4.64. The second-order valence-electron chi connectivity index (χ2n) is 7.55. The maximum absolute atomic E-state index is 12.7. The van der Waals surface area contributed by atoms with Crippen molar-refractivity contribution in [3.63, 3.8) is 0 Å². The van der Waals surface area contributed by atoms with E-state index in [1.807, 2.05) is 24.3 Å². The van der Waals surface area contributed by atoms with E-state index in [9.17, 15) is 4.79 Å². The highest BCUT2D eigenvalue weighted by Gasteiger charge is 2.55. The second kappa shape index (κ2) is 6.57. The van der Waals surface area contributed by atoms with Crippen molar-refractivity contribution in [3.05, 3.63) is 35.4 Å². The van der Waals surface area contributed by atoms with Gasteiger partial charge in [-0.15, -0.1) is 0 Å². The molecule has 2 saturated carbocycles. The van der Waals surface area contributed by atoms with E-state index in [4.69, 9.17) is 5.26 Å². The first-order chi connectivity index (χ1) is 11.8. The molecule has 0 radical (unpaired) electrons. The van der Waals surface area contributed by atoms with Crippen LogP contribution in [-0.4, -0.2) is 41.9 Å². The molecule has 2 atom stereocenters. The molecule has 4 nitrogen and oxygen atoms in total. The van der Waals surface area contributed by atoms with Gasteiger partial charge in [0.2, 0.25) is 5.91 Å². The predicted octanol–water partition coefficient (Wildman–Crippen LogP) is 2.64. The van der Waals surface area contributed by atoms with Gasteiger partial charge in [0, 0.05) is 38.6 Å². The van der Waals surface area contributed by atoms with Gasteiger partial charge in [-0.2, -0.15) is 5.26 Å². The van der Waals surface area contributed by atoms with Crippen molar-refractivity contribution >= 4 is 5.91 Å². The maximum Gasteiger partial charge on any atom is 0.226 e. The van der Waals surface area contributed by atoms with Crippen molar-refractivity contribution in [2.45, 2.75) is 32.2 Å². The number of fused-ring (bicyclic) bond motifs is 1. The molecule has 4 rings (SSSR count). The number of benzene rings is 1. The number of piperazine rings is 1. The Hall–Kier alpha value is -1.86. The summed E-state index contributed by atoms with van der Waals surface area (Å²) in [7, 11) is 0. The molecular formula is C20H25N3O. The first-order valence-corrected chi connectivity index (χ1v) is 9.26. The third-order valence-electron chi connectivity index (χ3n) is 6.11. The molecule has 1 amide bonds. The first-order valence-electron chi connectivity index (χ1n) is 9.26. The number of amides is 1. The number of hydrogen-bond acceptors (Lipinski definition) is 3. The quantitative estimate of drug-likeness (QED) is 0.859. The molecule has 1 saturated heterocycles. The van der Waals surface area contributed by atoms with E-state index in [0.29, 0.717) is 29.2 Å². The summed E-state index contributed by atoms with van der Waals surface area (Å²) in [6.45, 7) is 4.54. The van der Waals surface area contributed by atoms with E-state index in [0.717, 1.165) is 32.7 Å². The Morgan fingerprint density at radius 3 is 2.25 bits per heavy atom. The first kappa shape index (κ1) is 15.7. The predicted molar refractivity (Wildman–Crippen MR) is 92.0 cm³/mol. The van der Waals surface area contributed by atoms with Gasteiger partial charge in [-0.3, -0.25) is 9.69 Å². The van der Waals surface area contributed by atoms with Crippen LogP contribution in [0.5, 0.6) is 0 Å². The average Bonchev–Trinajstić information content (AvgIpc) is 3.37. The van der Waals surface area contributed by atoms with E-state index < -0.39 is 0 Å². The van der Waals surface area contributed by atoms with Gasteiger partial charge in [0.25, 0.3) is 0 Å². The number of carbonyl (C=O) groups excluding carboxylic acids is 1. The minimum Gasteiger partial charge on any atom is -0.340 e. The lowest BCUT2D eigenvalue weighted by Crippen LogP contribution is -2.49. The molecule has 0 spiro atoms. The van der Waals surface area contributed by atoms with Crippen molar-refractivity contribution in [2.24, 2.45) is 17.8 Å². The summed E-state index contributed by atoms with van der Waals surface area (Å²) >= 11 is 0. The molecule has 1 aromatic carbocycles. The molecule has 4 heteroatoms. The van der Waals surface area contributed by atoms with Gasteiger partial charge in [0.1, 0.15) is 0 Å². The van der Waals surface area contributed by atoms with Crippen LogP contribution in [0.3, 0.4) is 0 Å². The molecule has 1 aromatic rings. The SMILES string of the molecule is N#Cc1ccc(CN2CCN(C(=O)C3[C@H]4CCCC[C@H]34)CC2)cc1. The Morgan fingerprint density at radius 2 is 1.67 bits per heavy atom. The van der Waals surface area contributed by atoms with Crippen LogP contribution in [0.2, 0.25) is 0 Å². The van der Waals surface area contributed by atoms with E-state index >= 15 is 0 Å². The van der Waals surface area contributed by atoms with Crippen LogP contribution >= 0.6 is 0 Å². The van der Waals surface area contributed by atoms with Gasteiger partial charge < -0.3 is 4.90 Å². The fraction of sp³-hybridized carbons (Fsp3) is 0.600. The lowest BCUT2D eigenvalue weighted by molar-refractivity contribution is -0.135. The topological polar surface area (TPSA) is 47.3 Å². The Kier molecular flexibility index (Phi) is 4.28. The smallest absolute Gasteiger partial charge is 0.226 e. The number of hydrogen-bond donors (Lipinski definition) is 0. The van der Waals surface area contributed by atoms with Gasteiger partial charge >= 0.3 is 0 Å². The summed E-state index contributed by atoms with van der Waals surface area (Å²) in [6, 6.07) is 9.98. The van der Waals surface area contributed by atoms with Crippen molar-refractivity contribution in [1.82, 2.24) is 9.80 Å². The fourth-order valence-corrected chi connectivity index (χ4v) is 4.64. The largest absolute Gasteiger partial charge is 0.340 e. The number of carbonyl (C=O) groups is 1. The number of nitrogens with zero attached hydrogens (tertiary/aromatic N) is 3. The van der Waals surface area contributed by atoms with Gasteiger partial charge in [-0.25, -0.2) is 0 Å². The minimum absolute atomic E-state index is 0.359. The van der Waals surface area contributed by atoms with Gasteiger partial charge in [-0.05, 0) is 42.4 Å². The van der Waals surface area contributed by atoms with Gasteiger partial charge in [0.15, 0.2) is 0 Å². The lowest BCUT2D eigenvalue weighted by atomic mass is 10.0. The zero-order valence-corrected chi connectivity index (χ0v) is 14.2. The molecule has 3 aliphatic rings. The van der Waals surface area contributed by atoms with Crippen LogP contribution < -0.4 is 0 Å². The summed E-state index contributed by atoms with van der Waals surface area (Å²) in [5, 5.41) is 8.86. The van der Waals surface area contributed by atoms with Crippen LogP contribution in [0.25, 0.3) is 0 Å². The molecular weight excluding hydrogens is 298 g/mol. The zero-order valence-electron chi connectivity index (χ0n) is 14.2. The third-order valence-corrected chi connectivity index (χ3v) is 6.11. The standard InChI is InChI=1S/C20H25N3O/c21-13-15-5-7-16(8-6-15)14-22-9-11-23(12-10-22)20(24)19-17-3-1-2-4-18(17)19/h5-8,17-19H,1-4,9-12,14H2/t17-,18-/m0/s1. The Labute approximate surface area is 144 Å². The van der Waals surface area contributed by atoms with Gasteiger partial charge in [0.05, 0.1) is 11.6 Å². The molecule has 0 aromatic heterocycles. The van der Waals surface area contributed by atoms with Crippen LogP contribution in [-0.2, 0) is 11.3 Å². The Bertz CT molecular complexity index is 628. The van der Waals surface area contributed by atoms with Crippen molar-refractivity contribution in [3.8, 4) is 6.07 Å². The Morgan fingerprint density at radius 1 is 1.04 bits per heavy atom. The third kappa shape index (κ3) is 3.06. The normalized spacial score (nSPS) is 29.6. The molecule has 0 bridgehead atoms. The van der Waals surface area contributed by atoms with Crippen molar-refractivity contribution < 1.29 is 4.79 Å². The number of rotatable bonds is 3. The summed E-state index contributed by atoms with van der Waals surface area (Å²) in [5.41, 5.74) is 1.95. The van der Waals surface area contributed by atoms with Crippen LogP contribution in [0.15, 0.2) is 24.3 Å². The van der Waals surface area contributed by atoms with E-state index in [-0.39, 0.29) is 0 Å². The highest BCUT2D eigenvalue weighted by Crippen LogP contribution is 2.56. The van der Waals surface area contributed by atoms with Gasteiger partial charge in [-0.1, -0.05) is 25.0 Å². The summed E-state index contributed by atoms with van der Waals surface area (Å²) < 4.78 is 0. The monoisotopic (exact) mass is 323 g/mol. The maximum atomic E-state index is 12.7. The van der Waals surface area contributed by atoms with Crippen LogP contribution in [0, 0.1) is 29.1 Å². The molecule has 1 aliphatic heterocycles.